The summed E-state index contributed by atoms with van der Waals surface area (Å²) in [6, 6.07) is 0. The van der Waals surface area contributed by atoms with Crippen LogP contribution in [0.5, 0.6) is 0 Å². The maximum atomic E-state index is 4.13. The first-order chi connectivity index (χ1) is 7.78. The first-order valence-electron chi connectivity index (χ1n) is 5.60. The van der Waals surface area contributed by atoms with Crippen molar-refractivity contribution >= 4 is 17.4 Å². The number of allylic oxidation sites excluding steroid dienone is 4. The molecule has 1 aromatic heterocycles. The van der Waals surface area contributed by atoms with Crippen molar-refractivity contribution in [2.75, 3.05) is 0 Å². The quantitative estimate of drug-likeness (QED) is 0.792. The topological polar surface area (TPSA) is 25.8 Å². The Hall–Kier alpha value is -1.22. The van der Waals surface area contributed by atoms with Gasteiger partial charge >= 0.3 is 0 Å². The molecule has 1 heterocycles. The fourth-order valence-electron chi connectivity index (χ4n) is 1.66. The van der Waals surface area contributed by atoms with Gasteiger partial charge in [-0.05, 0) is 24.8 Å². The molecule has 0 amide bonds. The highest BCUT2D eigenvalue weighted by Crippen LogP contribution is 2.20. The van der Waals surface area contributed by atoms with Crippen LogP contribution in [0.1, 0.15) is 29.8 Å². The molecular weight excluding hydrogens is 216 g/mol. The fraction of sp³-hybridized carbons (Fsp3) is 0.385. The largest absolute Gasteiger partial charge is 0.143 e. The van der Waals surface area contributed by atoms with E-state index >= 15 is 0 Å². The molecule has 84 valence electrons. The van der Waals surface area contributed by atoms with Gasteiger partial charge in [-0.2, -0.15) is 0 Å². The van der Waals surface area contributed by atoms with E-state index in [-0.39, 0.29) is 0 Å². The minimum Gasteiger partial charge on any atom is -0.143 e. The van der Waals surface area contributed by atoms with Gasteiger partial charge in [0.1, 0.15) is 10.0 Å². The minimum atomic E-state index is 0.692. The molecule has 0 saturated heterocycles. The van der Waals surface area contributed by atoms with Crippen molar-refractivity contribution < 1.29 is 0 Å². The average Bonchev–Trinajstić information content (AvgIpc) is 2.76. The molecule has 0 spiro atoms. The van der Waals surface area contributed by atoms with Gasteiger partial charge in [-0.3, -0.25) is 0 Å². The van der Waals surface area contributed by atoms with E-state index in [1.165, 1.54) is 12.0 Å². The molecule has 0 aliphatic heterocycles. The van der Waals surface area contributed by atoms with E-state index < -0.39 is 0 Å². The number of rotatable bonds is 4. The number of aromatic nitrogens is 2. The number of hydrogen-bond donors (Lipinski definition) is 0. The van der Waals surface area contributed by atoms with Gasteiger partial charge in [0.2, 0.25) is 0 Å². The second-order valence-corrected chi connectivity index (χ2v) is 5.18. The molecule has 2 rings (SSSR count). The average molecular weight is 232 g/mol. The van der Waals surface area contributed by atoms with Gasteiger partial charge in [-0.1, -0.05) is 48.6 Å². The van der Waals surface area contributed by atoms with Crippen molar-refractivity contribution in [1.29, 1.82) is 0 Å². The summed E-state index contributed by atoms with van der Waals surface area (Å²) in [5.74, 6) is 0.692. The second kappa shape index (κ2) is 5.21. The van der Waals surface area contributed by atoms with E-state index in [0.29, 0.717) is 5.92 Å². The predicted molar refractivity (Wildman–Crippen MR) is 69.3 cm³/mol. The van der Waals surface area contributed by atoms with Gasteiger partial charge in [0.05, 0.1) is 0 Å². The molecular formula is C13H16N2S. The molecule has 1 aliphatic rings. The zero-order valence-electron chi connectivity index (χ0n) is 9.52. The molecule has 1 atom stereocenters. The van der Waals surface area contributed by atoms with Crippen LogP contribution in [0, 0.1) is 5.92 Å². The lowest BCUT2D eigenvalue weighted by Gasteiger charge is -2.10. The standard InChI is InChI=1S/C13H16N2S/c1-3-12-14-15-13(16-12)9-8-11-6-4-10(2)5-7-11/h3-4,6-7,10H,1,5,8-9H2,2H3. The lowest BCUT2D eigenvalue weighted by atomic mass is 9.96. The summed E-state index contributed by atoms with van der Waals surface area (Å²) in [5, 5.41) is 10.2. The summed E-state index contributed by atoms with van der Waals surface area (Å²) < 4.78 is 0. The Bertz CT molecular complexity index is 429. The van der Waals surface area contributed by atoms with Crippen LogP contribution in [0.2, 0.25) is 0 Å². The van der Waals surface area contributed by atoms with Crippen molar-refractivity contribution in [1.82, 2.24) is 10.2 Å². The van der Waals surface area contributed by atoms with Crippen molar-refractivity contribution in [3.8, 4) is 0 Å². The Morgan fingerprint density at radius 3 is 3.00 bits per heavy atom. The van der Waals surface area contributed by atoms with E-state index in [1.807, 2.05) is 0 Å². The Balaban J connectivity index is 1.88. The molecule has 1 unspecified atom stereocenters. The Morgan fingerprint density at radius 1 is 1.50 bits per heavy atom. The molecule has 0 fully saturated rings. The summed E-state index contributed by atoms with van der Waals surface area (Å²) in [6.45, 7) is 5.93. The van der Waals surface area contributed by atoms with Gasteiger partial charge in [-0.25, -0.2) is 0 Å². The molecule has 0 bridgehead atoms. The van der Waals surface area contributed by atoms with Crippen LogP contribution >= 0.6 is 11.3 Å². The SMILES string of the molecule is C=Cc1nnc(CCC2=CCC(C)C=C2)s1. The molecule has 0 saturated carbocycles. The van der Waals surface area contributed by atoms with Crippen molar-refractivity contribution in [2.24, 2.45) is 5.92 Å². The van der Waals surface area contributed by atoms with Gasteiger partial charge < -0.3 is 0 Å². The summed E-state index contributed by atoms with van der Waals surface area (Å²) in [6.07, 6.45) is 11.8. The molecule has 0 N–H and O–H groups in total. The fourth-order valence-corrected chi connectivity index (χ4v) is 2.35. The van der Waals surface area contributed by atoms with Crippen molar-refractivity contribution in [3.63, 3.8) is 0 Å². The highest BCUT2D eigenvalue weighted by molar-refractivity contribution is 7.12. The number of nitrogens with zero attached hydrogens (tertiary/aromatic N) is 2. The van der Waals surface area contributed by atoms with E-state index in [0.717, 1.165) is 22.9 Å². The molecule has 1 aliphatic carbocycles. The minimum absolute atomic E-state index is 0.692. The summed E-state index contributed by atoms with van der Waals surface area (Å²) in [4.78, 5) is 0. The number of hydrogen-bond acceptors (Lipinski definition) is 3. The monoisotopic (exact) mass is 232 g/mol. The van der Waals surface area contributed by atoms with E-state index in [9.17, 15) is 0 Å². The van der Waals surface area contributed by atoms with Crippen molar-refractivity contribution in [3.05, 3.63) is 40.4 Å². The van der Waals surface area contributed by atoms with Gasteiger partial charge in [0.25, 0.3) is 0 Å². The molecule has 0 radical (unpaired) electrons. The van der Waals surface area contributed by atoms with Gasteiger partial charge in [0.15, 0.2) is 0 Å². The highest BCUT2D eigenvalue weighted by atomic mass is 32.1. The van der Waals surface area contributed by atoms with E-state index in [2.05, 4.69) is 41.9 Å². The first-order valence-corrected chi connectivity index (χ1v) is 6.41. The van der Waals surface area contributed by atoms with E-state index in [4.69, 9.17) is 0 Å². The Morgan fingerprint density at radius 2 is 2.38 bits per heavy atom. The van der Waals surface area contributed by atoms with Crippen LogP contribution < -0.4 is 0 Å². The van der Waals surface area contributed by atoms with Crippen LogP contribution in [-0.4, -0.2) is 10.2 Å². The van der Waals surface area contributed by atoms with Gasteiger partial charge in [-0.15, -0.1) is 10.2 Å². The Kier molecular flexibility index (Phi) is 3.67. The predicted octanol–water partition coefficient (Wildman–Crippen LogP) is 3.64. The Labute approximate surface area is 100 Å². The normalized spacial score (nSPS) is 19.6. The molecule has 0 aromatic carbocycles. The van der Waals surface area contributed by atoms with Crippen LogP contribution in [0.4, 0.5) is 0 Å². The third-order valence-corrected chi connectivity index (χ3v) is 3.65. The van der Waals surface area contributed by atoms with E-state index in [1.54, 1.807) is 17.4 Å². The lowest BCUT2D eigenvalue weighted by Crippen LogP contribution is -1.95. The van der Waals surface area contributed by atoms with Crippen LogP contribution in [-0.2, 0) is 6.42 Å². The lowest BCUT2D eigenvalue weighted by molar-refractivity contribution is 0.723. The smallest absolute Gasteiger partial charge is 0.139 e. The van der Waals surface area contributed by atoms with Crippen LogP contribution in [0.15, 0.2) is 30.4 Å². The third kappa shape index (κ3) is 2.89. The third-order valence-electron chi connectivity index (χ3n) is 2.68. The molecule has 3 heteroatoms. The highest BCUT2D eigenvalue weighted by Gasteiger charge is 2.06. The zero-order chi connectivity index (χ0) is 11.4. The zero-order valence-corrected chi connectivity index (χ0v) is 10.3. The molecule has 1 aromatic rings. The summed E-state index contributed by atoms with van der Waals surface area (Å²) in [7, 11) is 0. The van der Waals surface area contributed by atoms with Crippen LogP contribution in [0.3, 0.4) is 0 Å². The molecule has 2 nitrogen and oxygen atoms in total. The maximum absolute atomic E-state index is 4.13. The maximum Gasteiger partial charge on any atom is 0.139 e. The summed E-state index contributed by atoms with van der Waals surface area (Å²) in [5.41, 5.74) is 1.42. The van der Waals surface area contributed by atoms with Gasteiger partial charge in [0, 0.05) is 6.42 Å². The first kappa shape index (κ1) is 11.3. The molecule has 16 heavy (non-hydrogen) atoms. The second-order valence-electron chi connectivity index (χ2n) is 4.09. The van der Waals surface area contributed by atoms with Crippen molar-refractivity contribution in [2.45, 2.75) is 26.2 Å². The van der Waals surface area contributed by atoms with Crippen LogP contribution in [0.25, 0.3) is 6.08 Å². The number of aryl methyl sites for hydroxylation is 1. The summed E-state index contributed by atoms with van der Waals surface area (Å²) >= 11 is 1.63.